The van der Waals surface area contributed by atoms with Crippen LogP contribution in [0.25, 0.3) is 0 Å². The standard InChI is InChI=1S/C25H31NO6/c1-31-21-9-8-18(15-22(21)32-2)16-25(23(27)28,24(29)30)20(19-10-12-26-13-11-19)14-17-6-4-3-5-7-17/h3-9,15,19-20,26H,10-14,16H2,1-2H3,(H,27,28)(H,29,30). The molecule has 1 saturated heterocycles. The number of carboxylic acids is 2. The minimum absolute atomic E-state index is 0.0243. The molecule has 2 aromatic rings. The largest absolute Gasteiger partial charge is 0.493 e. The second kappa shape index (κ2) is 10.5. The fraction of sp³-hybridized carbons (Fsp3) is 0.440. The van der Waals surface area contributed by atoms with Crippen molar-refractivity contribution in [2.75, 3.05) is 27.3 Å². The van der Waals surface area contributed by atoms with E-state index in [2.05, 4.69) is 5.32 Å². The molecule has 7 heteroatoms. The van der Waals surface area contributed by atoms with Gasteiger partial charge in [0, 0.05) is 0 Å². The summed E-state index contributed by atoms with van der Waals surface area (Å²) in [6, 6.07) is 14.6. The van der Waals surface area contributed by atoms with Crippen LogP contribution in [0.1, 0.15) is 24.0 Å². The van der Waals surface area contributed by atoms with Crippen molar-refractivity contribution in [3.05, 3.63) is 59.7 Å². The zero-order valence-electron chi connectivity index (χ0n) is 18.5. The summed E-state index contributed by atoms with van der Waals surface area (Å²) >= 11 is 0. The third-order valence-corrected chi connectivity index (χ3v) is 6.58. The summed E-state index contributed by atoms with van der Waals surface area (Å²) in [4.78, 5) is 25.5. The van der Waals surface area contributed by atoms with Gasteiger partial charge in [0.25, 0.3) is 0 Å². The molecule has 3 rings (SSSR count). The van der Waals surface area contributed by atoms with E-state index in [1.54, 1.807) is 18.2 Å². The number of hydrogen-bond acceptors (Lipinski definition) is 5. The van der Waals surface area contributed by atoms with Gasteiger partial charge >= 0.3 is 11.9 Å². The van der Waals surface area contributed by atoms with Crippen LogP contribution < -0.4 is 14.8 Å². The van der Waals surface area contributed by atoms with E-state index in [0.29, 0.717) is 23.5 Å². The maximum atomic E-state index is 12.8. The highest BCUT2D eigenvalue weighted by molar-refractivity contribution is 5.99. The topological polar surface area (TPSA) is 105 Å². The van der Waals surface area contributed by atoms with Crippen LogP contribution in [0.5, 0.6) is 11.5 Å². The number of aliphatic carboxylic acids is 2. The van der Waals surface area contributed by atoms with E-state index in [1.165, 1.54) is 14.2 Å². The fourth-order valence-electron chi connectivity index (χ4n) is 4.86. The Labute approximate surface area is 188 Å². The van der Waals surface area contributed by atoms with Crippen molar-refractivity contribution in [2.45, 2.75) is 25.7 Å². The molecule has 1 heterocycles. The Morgan fingerprint density at radius 3 is 2.16 bits per heavy atom. The summed E-state index contributed by atoms with van der Waals surface area (Å²) in [5, 5.41) is 24.1. The minimum Gasteiger partial charge on any atom is -0.493 e. The molecule has 1 atom stereocenters. The van der Waals surface area contributed by atoms with E-state index >= 15 is 0 Å². The molecule has 7 nitrogen and oxygen atoms in total. The molecule has 0 radical (unpaired) electrons. The molecule has 1 fully saturated rings. The SMILES string of the molecule is COc1ccc(CC(C(=O)O)(C(=O)O)C(Cc2ccccc2)C2CCNCC2)cc1OC. The highest BCUT2D eigenvalue weighted by atomic mass is 16.5. The molecule has 0 amide bonds. The quantitative estimate of drug-likeness (QED) is 0.486. The van der Waals surface area contributed by atoms with Gasteiger partial charge in [-0.15, -0.1) is 0 Å². The molecule has 0 aliphatic carbocycles. The number of ether oxygens (including phenoxy) is 2. The molecule has 0 spiro atoms. The van der Waals surface area contributed by atoms with Crippen molar-refractivity contribution in [1.29, 1.82) is 0 Å². The zero-order valence-corrected chi connectivity index (χ0v) is 18.5. The number of benzene rings is 2. The van der Waals surface area contributed by atoms with E-state index in [4.69, 9.17) is 9.47 Å². The Balaban J connectivity index is 2.08. The molecule has 2 aromatic carbocycles. The summed E-state index contributed by atoms with van der Waals surface area (Å²) in [6.07, 6.45) is 1.73. The predicted octanol–water partition coefficient (Wildman–Crippen LogP) is 3.26. The average molecular weight is 442 g/mol. The first kappa shape index (κ1) is 23.6. The Bertz CT molecular complexity index is 909. The number of rotatable bonds is 10. The Hall–Kier alpha value is -3.06. The van der Waals surface area contributed by atoms with Crippen molar-refractivity contribution < 1.29 is 29.3 Å². The number of hydrogen-bond donors (Lipinski definition) is 3. The number of methoxy groups -OCH3 is 2. The van der Waals surface area contributed by atoms with Crippen molar-refractivity contribution >= 4 is 11.9 Å². The first-order chi connectivity index (χ1) is 15.4. The van der Waals surface area contributed by atoms with Crippen LogP contribution in [0.3, 0.4) is 0 Å². The molecular formula is C25H31NO6. The number of carboxylic acid groups (broad SMARTS) is 2. The van der Waals surface area contributed by atoms with Crippen LogP contribution in [0.15, 0.2) is 48.5 Å². The maximum absolute atomic E-state index is 12.8. The molecule has 3 N–H and O–H groups in total. The average Bonchev–Trinajstić information content (AvgIpc) is 2.82. The normalized spacial score (nSPS) is 15.7. The lowest BCUT2D eigenvalue weighted by atomic mass is 9.62. The smallest absolute Gasteiger partial charge is 0.321 e. The van der Waals surface area contributed by atoms with Gasteiger partial charge in [0.1, 0.15) is 0 Å². The highest BCUT2D eigenvalue weighted by Gasteiger charge is 2.55. The lowest BCUT2D eigenvalue weighted by Gasteiger charge is -2.40. The highest BCUT2D eigenvalue weighted by Crippen LogP contribution is 2.44. The van der Waals surface area contributed by atoms with Gasteiger partial charge in [0.15, 0.2) is 16.9 Å². The Kier molecular flexibility index (Phi) is 7.75. The zero-order chi connectivity index (χ0) is 23.1. The van der Waals surface area contributed by atoms with E-state index in [0.717, 1.165) is 31.5 Å². The summed E-state index contributed by atoms with van der Waals surface area (Å²) in [6.45, 7) is 1.50. The number of piperidine rings is 1. The van der Waals surface area contributed by atoms with Crippen molar-refractivity contribution in [2.24, 2.45) is 17.3 Å². The lowest BCUT2D eigenvalue weighted by Crippen LogP contribution is -2.52. The molecule has 1 aliphatic rings. The Morgan fingerprint density at radius 1 is 0.969 bits per heavy atom. The van der Waals surface area contributed by atoms with Gasteiger partial charge in [-0.05, 0) is 73.9 Å². The molecule has 1 aliphatic heterocycles. The first-order valence-corrected chi connectivity index (χ1v) is 10.8. The van der Waals surface area contributed by atoms with Gasteiger partial charge in [-0.1, -0.05) is 36.4 Å². The van der Waals surface area contributed by atoms with Crippen molar-refractivity contribution in [3.63, 3.8) is 0 Å². The van der Waals surface area contributed by atoms with E-state index < -0.39 is 23.3 Å². The summed E-state index contributed by atoms with van der Waals surface area (Å²) < 4.78 is 10.6. The van der Waals surface area contributed by atoms with Crippen LogP contribution in [0.2, 0.25) is 0 Å². The van der Waals surface area contributed by atoms with Gasteiger partial charge in [-0.3, -0.25) is 9.59 Å². The molecule has 172 valence electrons. The molecule has 0 saturated carbocycles. The molecule has 0 aromatic heterocycles. The van der Waals surface area contributed by atoms with Gasteiger partial charge in [0.05, 0.1) is 14.2 Å². The second-order valence-corrected chi connectivity index (χ2v) is 8.33. The summed E-state index contributed by atoms with van der Waals surface area (Å²) in [5.74, 6) is -2.26. The Morgan fingerprint density at radius 2 is 1.59 bits per heavy atom. The third-order valence-electron chi connectivity index (χ3n) is 6.58. The van der Waals surface area contributed by atoms with Crippen molar-refractivity contribution in [1.82, 2.24) is 5.32 Å². The van der Waals surface area contributed by atoms with E-state index in [1.807, 2.05) is 30.3 Å². The van der Waals surface area contributed by atoms with Gasteiger partial charge < -0.3 is 25.0 Å². The lowest BCUT2D eigenvalue weighted by molar-refractivity contribution is -0.171. The molecule has 32 heavy (non-hydrogen) atoms. The van der Waals surface area contributed by atoms with Crippen LogP contribution in [-0.4, -0.2) is 49.5 Å². The van der Waals surface area contributed by atoms with Crippen LogP contribution in [-0.2, 0) is 22.4 Å². The van der Waals surface area contributed by atoms with Crippen LogP contribution in [0, 0.1) is 17.3 Å². The van der Waals surface area contributed by atoms with Gasteiger partial charge in [0.2, 0.25) is 0 Å². The monoisotopic (exact) mass is 441 g/mol. The van der Waals surface area contributed by atoms with Crippen LogP contribution in [0.4, 0.5) is 0 Å². The van der Waals surface area contributed by atoms with Crippen molar-refractivity contribution in [3.8, 4) is 11.5 Å². The van der Waals surface area contributed by atoms with E-state index in [9.17, 15) is 19.8 Å². The maximum Gasteiger partial charge on any atom is 0.321 e. The van der Waals surface area contributed by atoms with Gasteiger partial charge in [-0.2, -0.15) is 0 Å². The second-order valence-electron chi connectivity index (χ2n) is 8.33. The van der Waals surface area contributed by atoms with E-state index in [-0.39, 0.29) is 12.3 Å². The predicted molar refractivity (Wildman–Crippen MR) is 120 cm³/mol. The summed E-state index contributed by atoms with van der Waals surface area (Å²) in [5.41, 5.74) is -0.452. The van der Waals surface area contributed by atoms with Gasteiger partial charge in [-0.25, -0.2) is 0 Å². The fourth-order valence-corrected chi connectivity index (χ4v) is 4.86. The molecule has 1 unspecified atom stereocenters. The van der Waals surface area contributed by atoms with Crippen LogP contribution >= 0.6 is 0 Å². The minimum atomic E-state index is -1.97. The third kappa shape index (κ3) is 4.88. The summed E-state index contributed by atoms with van der Waals surface area (Å²) in [7, 11) is 3.01. The molecule has 0 bridgehead atoms. The number of nitrogens with one attached hydrogen (secondary N) is 1. The molecular weight excluding hydrogens is 410 g/mol. The number of carbonyl (C=O) groups is 2. The first-order valence-electron chi connectivity index (χ1n) is 10.8.